The molecule has 2 heteroatoms. The van der Waals surface area contributed by atoms with E-state index < -0.39 is 0 Å². The van der Waals surface area contributed by atoms with E-state index in [0.717, 1.165) is 5.25 Å². The zero-order chi connectivity index (χ0) is 6.57. The molecule has 0 amide bonds. The molecule has 0 saturated heterocycles. The molecule has 0 saturated carbocycles. The summed E-state index contributed by atoms with van der Waals surface area (Å²) in [5.41, 5.74) is 0. The first-order valence-corrected chi connectivity index (χ1v) is 4.49. The molecule has 0 aromatic heterocycles. The maximum atomic E-state index is 4.25. The molecule has 1 unspecified atom stereocenters. The molecule has 0 aromatic carbocycles. The Hall–Kier alpha value is 0.700. The van der Waals surface area contributed by atoms with Gasteiger partial charge in [-0.05, 0) is 5.25 Å². The highest BCUT2D eigenvalue weighted by Gasteiger charge is 1.96. The van der Waals surface area contributed by atoms with Gasteiger partial charge in [0.2, 0.25) is 0 Å². The molecule has 0 fully saturated rings. The minimum atomic E-state index is 0.544. The van der Waals surface area contributed by atoms with E-state index in [1.165, 1.54) is 5.75 Å². The second-order valence-corrected chi connectivity index (χ2v) is 4.72. The summed E-state index contributed by atoms with van der Waals surface area (Å²) in [7, 11) is 0. The van der Waals surface area contributed by atoms with Crippen molar-refractivity contribution < 1.29 is 0 Å². The van der Waals surface area contributed by atoms with Crippen molar-refractivity contribution >= 4 is 24.4 Å². The van der Waals surface area contributed by atoms with Crippen molar-refractivity contribution in [3.05, 3.63) is 0 Å². The summed E-state index contributed by atoms with van der Waals surface area (Å²) in [6.07, 6.45) is 0. The summed E-state index contributed by atoms with van der Waals surface area (Å²) in [6, 6.07) is 0. The minimum Gasteiger partial charge on any atom is -0.175 e. The average Bonchev–Trinajstić information content (AvgIpc) is 1.61. The third kappa shape index (κ3) is 6.70. The minimum absolute atomic E-state index is 0.544. The molecule has 0 bridgehead atoms. The van der Waals surface area contributed by atoms with Crippen molar-refractivity contribution in [1.82, 2.24) is 0 Å². The molecule has 0 nitrogen and oxygen atoms in total. The number of hydrogen-bond acceptors (Lipinski definition) is 2. The van der Waals surface area contributed by atoms with E-state index in [2.05, 4.69) is 33.4 Å². The van der Waals surface area contributed by atoms with E-state index in [1.54, 1.807) is 0 Å². The summed E-state index contributed by atoms with van der Waals surface area (Å²) >= 11 is 6.21. The smallest absolute Gasteiger partial charge is 0.00792 e. The molecule has 0 rings (SSSR count). The second kappa shape index (κ2) is 4.57. The highest BCUT2D eigenvalue weighted by Crippen LogP contribution is 2.12. The third-order valence-electron chi connectivity index (χ3n) is 0.671. The Kier molecular flexibility index (Phi) is 4.97. The molecule has 0 aliphatic rings. The van der Waals surface area contributed by atoms with Gasteiger partial charge in [-0.15, -0.1) is 0 Å². The quantitative estimate of drug-likeness (QED) is 0.603. The normalized spacial score (nSPS) is 14.6. The van der Waals surface area contributed by atoms with E-state index in [9.17, 15) is 0 Å². The molecular weight excluding hydrogens is 136 g/mol. The predicted molar refractivity (Wildman–Crippen MR) is 46.0 cm³/mol. The zero-order valence-electron chi connectivity index (χ0n) is 5.72. The van der Waals surface area contributed by atoms with Gasteiger partial charge < -0.3 is 0 Å². The van der Waals surface area contributed by atoms with Crippen molar-refractivity contribution in [3.63, 3.8) is 0 Å². The molecule has 1 atom stereocenters. The van der Waals surface area contributed by atoms with Gasteiger partial charge in [-0.25, -0.2) is 0 Å². The van der Waals surface area contributed by atoms with Gasteiger partial charge in [0.1, 0.15) is 0 Å². The lowest BCUT2D eigenvalue weighted by Gasteiger charge is -2.05. The van der Waals surface area contributed by atoms with E-state index in [-0.39, 0.29) is 0 Å². The van der Waals surface area contributed by atoms with Crippen LogP contribution in [0.3, 0.4) is 0 Å². The zero-order valence-corrected chi connectivity index (χ0v) is 7.43. The topological polar surface area (TPSA) is 0 Å². The molecule has 0 radical (unpaired) electrons. The summed E-state index contributed by atoms with van der Waals surface area (Å²) in [5.74, 6) is 1.17. The summed E-state index contributed by atoms with van der Waals surface area (Å²) in [4.78, 5) is 0. The van der Waals surface area contributed by atoms with Gasteiger partial charge in [0.25, 0.3) is 0 Å². The second-order valence-electron chi connectivity index (χ2n) is 2.23. The monoisotopic (exact) mass is 150 g/mol. The van der Waals surface area contributed by atoms with Crippen molar-refractivity contribution in [2.45, 2.75) is 31.3 Å². The fourth-order valence-corrected chi connectivity index (χ4v) is 1.25. The van der Waals surface area contributed by atoms with Gasteiger partial charge in [0, 0.05) is 11.0 Å². The Morgan fingerprint density at radius 2 is 1.88 bits per heavy atom. The lowest BCUT2D eigenvalue weighted by molar-refractivity contribution is 1.08. The highest BCUT2D eigenvalue weighted by atomic mass is 32.2. The van der Waals surface area contributed by atoms with Crippen molar-refractivity contribution in [2.75, 3.05) is 5.75 Å². The Bertz CT molecular complexity index is 42.5. The van der Waals surface area contributed by atoms with Crippen molar-refractivity contribution in [3.8, 4) is 0 Å². The third-order valence-corrected chi connectivity index (χ3v) is 2.46. The lowest BCUT2D eigenvalue weighted by Crippen LogP contribution is -1.98. The Balaban J connectivity index is 2.93. The van der Waals surface area contributed by atoms with Gasteiger partial charge in [0.15, 0.2) is 0 Å². The maximum Gasteiger partial charge on any atom is 0.00792 e. The molecule has 0 spiro atoms. The van der Waals surface area contributed by atoms with Crippen LogP contribution in [0.1, 0.15) is 20.8 Å². The van der Waals surface area contributed by atoms with Crippen LogP contribution in [-0.2, 0) is 0 Å². The van der Waals surface area contributed by atoms with Crippen LogP contribution >= 0.6 is 24.4 Å². The number of thiol groups is 1. The van der Waals surface area contributed by atoms with E-state index in [4.69, 9.17) is 0 Å². The average molecular weight is 150 g/mol. The van der Waals surface area contributed by atoms with E-state index in [1.807, 2.05) is 11.8 Å². The Morgan fingerprint density at radius 1 is 1.38 bits per heavy atom. The van der Waals surface area contributed by atoms with Crippen LogP contribution in [-0.4, -0.2) is 16.3 Å². The predicted octanol–water partition coefficient (Wildman–Crippen LogP) is 2.45. The highest BCUT2D eigenvalue weighted by molar-refractivity contribution is 8.00. The molecule has 50 valence electrons. The van der Waals surface area contributed by atoms with Crippen LogP contribution < -0.4 is 0 Å². The Morgan fingerprint density at radius 3 is 2.00 bits per heavy atom. The summed E-state index contributed by atoms with van der Waals surface area (Å²) in [5, 5.41) is 1.30. The first-order valence-electron chi connectivity index (χ1n) is 2.92. The molecule has 0 aromatic rings. The number of rotatable bonds is 3. The number of thioether (sulfide) groups is 1. The fraction of sp³-hybridized carbons (Fsp3) is 1.00. The fourth-order valence-electron chi connectivity index (χ4n) is 0.332. The van der Waals surface area contributed by atoms with E-state index >= 15 is 0 Å². The molecule has 0 aliphatic heterocycles. The molecule has 0 N–H and O–H groups in total. The first-order chi connectivity index (χ1) is 3.63. The van der Waals surface area contributed by atoms with Gasteiger partial charge in [-0.1, -0.05) is 20.8 Å². The summed E-state index contributed by atoms with van der Waals surface area (Å²) in [6.45, 7) is 6.54. The largest absolute Gasteiger partial charge is 0.175 e. The van der Waals surface area contributed by atoms with Crippen LogP contribution in [0.4, 0.5) is 0 Å². The van der Waals surface area contributed by atoms with Crippen LogP contribution in [0.5, 0.6) is 0 Å². The SMILES string of the molecule is CC(S)CSC(C)C. The molecule has 8 heavy (non-hydrogen) atoms. The van der Waals surface area contributed by atoms with Crippen LogP contribution in [0.15, 0.2) is 0 Å². The van der Waals surface area contributed by atoms with Gasteiger partial charge in [0.05, 0.1) is 0 Å². The van der Waals surface area contributed by atoms with Crippen molar-refractivity contribution in [2.24, 2.45) is 0 Å². The number of hydrogen-bond donors (Lipinski definition) is 1. The van der Waals surface area contributed by atoms with E-state index in [0.29, 0.717) is 5.25 Å². The maximum absolute atomic E-state index is 4.25. The van der Waals surface area contributed by atoms with Gasteiger partial charge in [-0.2, -0.15) is 24.4 Å². The van der Waals surface area contributed by atoms with Gasteiger partial charge >= 0.3 is 0 Å². The van der Waals surface area contributed by atoms with Crippen LogP contribution in [0.25, 0.3) is 0 Å². The molecular formula is C6H14S2. The first kappa shape index (κ1) is 8.70. The Labute approximate surface area is 61.8 Å². The van der Waals surface area contributed by atoms with Crippen molar-refractivity contribution in [1.29, 1.82) is 0 Å². The summed E-state index contributed by atoms with van der Waals surface area (Å²) < 4.78 is 0. The lowest BCUT2D eigenvalue weighted by atomic mass is 10.6. The van der Waals surface area contributed by atoms with Gasteiger partial charge in [-0.3, -0.25) is 0 Å². The molecule has 0 heterocycles. The van der Waals surface area contributed by atoms with Crippen LogP contribution in [0, 0.1) is 0 Å². The van der Waals surface area contributed by atoms with Crippen LogP contribution in [0.2, 0.25) is 0 Å². The standard InChI is InChI=1S/C6H14S2/c1-5(2)8-4-6(3)7/h5-7H,4H2,1-3H3. The molecule has 0 aliphatic carbocycles.